The fourth-order valence-electron chi connectivity index (χ4n) is 1.33. The van der Waals surface area contributed by atoms with Gasteiger partial charge >= 0.3 is 0 Å². The molecule has 0 fully saturated rings. The molecular formula is C13H11IO2S. The van der Waals surface area contributed by atoms with Gasteiger partial charge < -0.3 is 9.84 Å². The molecule has 4 heteroatoms. The van der Waals surface area contributed by atoms with Gasteiger partial charge in [-0.2, -0.15) is 0 Å². The minimum atomic E-state index is 0.291. The molecule has 0 amide bonds. The van der Waals surface area contributed by atoms with Gasteiger partial charge in [0.15, 0.2) is 0 Å². The number of ether oxygens (including phenoxy) is 1. The van der Waals surface area contributed by atoms with Crippen molar-refractivity contribution in [3.63, 3.8) is 0 Å². The van der Waals surface area contributed by atoms with E-state index in [0.717, 1.165) is 14.2 Å². The van der Waals surface area contributed by atoms with Crippen molar-refractivity contribution in [1.82, 2.24) is 0 Å². The normalized spacial score (nSPS) is 10.2. The highest BCUT2D eigenvalue weighted by atomic mass is 127. The van der Waals surface area contributed by atoms with Crippen LogP contribution < -0.4 is 4.74 Å². The molecule has 17 heavy (non-hydrogen) atoms. The Balaban J connectivity index is 2.21. The number of phenolic OH excluding ortho intramolecular Hbond substituents is 1. The van der Waals surface area contributed by atoms with E-state index in [4.69, 9.17) is 4.74 Å². The highest BCUT2D eigenvalue weighted by Crippen LogP contribution is 2.33. The molecule has 0 saturated carbocycles. The summed E-state index contributed by atoms with van der Waals surface area (Å²) in [6.07, 6.45) is 0. The monoisotopic (exact) mass is 358 g/mol. The Labute approximate surface area is 118 Å². The fourth-order valence-corrected chi connectivity index (χ4v) is 2.97. The maximum absolute atomic E-state index is 9.22. The van der Waals surface area contributed by atoms with Gasteiger partial charge in [-0.3, -0.25) is 0 Å². The van der Waals surface area contributed by atoms with Crippen LogP contribution >= 0.6 is 34.4 Å². The zero-order valence-electron chi connectivity index (χ0n) is 9.18. The smallest absolute Gasteiger partial charge is 0.119 e. The highest BCUT2D eigenvalue weighted by Gasteiger charge is 2.04. The molecule has 0 aliphatic rings. The average molecular weight is 358 g/mol. The van der Waals surface area contributed by atoms with Crippen LogP contribution in [0.4, 0.5) is 0 Å². The van der Waals surface area contributed by atoms with Crippen molar-refractivity contribution in [2.45, 2.75) is 9.79 Å². The van der Waals surface area contributed by atoms with Gasteiger partial charge in [-0.15, -0.1) is 0 Å². The Morgan fingerprint density at radius 1 is 1.12 bits per heavy atom. The van der Waals surface area contributed by atoms with E-state index in [1.165, 1.54) is 4.90 Å². The number of hydrogen-bond donors (Lipinski definition) is 1. The lowest BCUT2D eigenvalue weighted by Gasteiger charge is -2.06. The van der Waals surface area contributed by atoms with Crippen LogP contribution in [0.15, 0.2) is 52.3 Å². The van der Waals surface area contributed by atoms with Gasteiger partial charge in [0, 0.05) is 13.4 Å². The topological polar surface area (TPSA) is 29.5 Å². The van der Waals surface area contributed by atoms with E-state index < -0.39 is 0 Å². The molecule has 0 bridgehead atoms. The van der Waals surface area contributed by atoms with Gasteiger partial charge in [0.1, 0.15) is 11.5 Å². The maximum Gasteiger partial charge on any atom is 0.119 e. The standard InChI is InChI=1S/C13H11IO2S/c1-16-10-4-7-13(12(14)8-10)17-11-5-2-9(15)3-6-11/h2-8,15H,1H3. The van der Waals surface area contributed by atoms with Crippen LogP contribution in [0.3, 0.4) is 0 Å². The van der Waals surface area contributed by atoms with Crippen LogP contribution in [0.1, 0.15) is 0 Å². The van der Waals surface area contributed by atoms with Crippen molar-refractivity contribution >= 4 is 34.4 Å². The zero-order chi connectivity index (χ0) is 12.3. The van der Waals surface area contributed by atoms with Crippen molar-refractivity contribution < 1.29 is 9.84 Å². The molecule has 0 aliphatic heterocycles. The number of phenols is 1. The molecule has 2 aromatic carbocycles. The molecule has 0 aliphatic carbocycles. The van der Waals surface area contributed by atoms with E-state index in [-0.39, 0.29) is 0 Å². The first-order chi connectivity index (χ1) is 8.19. The second-order valence-corrected chi connectivity index (χ2v) is 5.67. The Bertz CT molecular complexity index is 511. The molecule has 88 valence electrons. The third-order valence-corrected chi connectivity index (χ3v) is 4.55. The van der Waals surface area contributed by atoms with Gasteiger partial charge in [0.05, 0.1) is 7.11 Å². The van der Waals surface area contributed by atoms with Crippen LogP contribution in [0.25, 0.3) is 0 Å². The van der Waals surface area contributed by atoms with Gasteiger partial charge in [0.25, 0.3) is 0 Å². The Morgan fingerprint density at radius 2 is 1.82 bits per heavy atom. The fraction of sp³-hybridized carbons (Fsp3) is 0.0769. The molecule has 2 nitrogen and oxygen atoms in total. The molecule has 2 aromatic rings. The molecule has 0 saturated heterocycles. The number of hydrogen-bond acceptors (Lipinski definition) is 3. The summed E-state index contributed by atoms with van der Waals surface area (Å²) < 4.78 is 6.32. The van der Waals surface area contributed by atoms with E-state index in [1.807, 2.05) is 30.3 Å². The quantitative estimate of drug-likeness (QED) is 0.836. The summed E-state index contributed by atoms with van der Waals surface area (Å²) in [5, 5.41) is 9.22. The van der Waals surface area contributed by atoms with Gasteiger partial charge in [0.2, 0.25) is 0 Å². The summed E-state index contributed by atoms with van der Waals surface area (Å²) in [6, 6.07) is 13.2. The first-order valence-corrected chi connectivity index (χ1v) is 6.89. The van der Waals surface area contributed by atoms with E-state index in [2.05, 4.69) is 22.6 Å². The highest BCUT2D eigenvalue weighted by molar-refractivity contribution is 14.1. The second kappa shape index (κ2) is 5.64. The van der Waals surface area contributed by atoms with Crippen molar-refractivity contribution in [2.75, 3.05) is 7.11 Å². The molecule has 0 spiro atoms. The molecule has 0 aromatic heterocycles. The van der Waals surface area contributed by atoms with E-state index in [9.17, 15) is 5.11 Å². The summed E-state index contributed by atoms with van der Waals surface area (Å²) in [5.41, 5.74) is 0. The number of methoxy groups -OCH3 is 1. The minimum Gasteiger partial charge on any atom is -0.508 e. The average Bonchev–Trinajstić information content (AvgIpc) is 2.34. The van der Waals surface area contributed by atoms with Crippen LogP contribution in [-0.4, -0.2) is 12.2 Å². The first-order valence-electron chi connectivity index (χ1n) is 4.99. The van der Waals surface area contributed by atoms with Crippen molar-refractivity contribution in [1.29, 1.82) is 0 Å². The Morgan fingerprint density at radius 3 is 2.41 bits per heavy atom. The Hall–Kier alpha value is -0.880. The predicted molar refractivity (Wildman–Crippen MR) is 77.9 cm³/mol. The minimum absolute atomic E-state index is 0.291. The summed E-state index contributed by atoms with van der Waals surface area (Å²) in [6.45, 7) is 0. The molecule has 0 atom stereocenters. The van der Waals surface area contributed by atoms with Crippen molar-refractivity contribution in [3.05, 3.63) is 46.0 Å². The SMILES string of the molecule is COc1ccc(Sc2ccc(O)cc2)c(I)c1. The summed E-state index contributed by atoms with van der Waals surface area (Å²) in [7, 11) is 1.66. The van der Waals surface area contributed by atoms with Gasteiger partial charge in [-0.05, 0) is 65.1 Å². The van der Waals surface area contributed by atoms with Gasteiger partial charge in [-0.1, -0.05) is 11.8 Å². The molecule has 0 radical (unpaired) electrons. The number of rotatable bonds is 3. The lowest BCUT2D eigenvalue weighted by Crippen LogP contribution is -1.85. The second-order valence-electron chi connectivity index (χ2n) is 3.39. The first kappa shape index (κ1) is 12.6. The van der Waals surface area contributed by atoms with Crippen LogP contribution in [0.2, 0.25) is 0 Å². The number of aromatic hydroxyl groups is 1. The Kier molecular flexibility index (Phi) is 4.17. The lowest BCUT2D eigenvalue weighted by molar-refractivity contribution is 0.414. The molecule has 2 rings (SSSR count). The summed E-state index contributed by atoms with van der Waals surface area (Å²) in [5.74, 6) is 1.16. The van der Waals surface area contributed by atoms with Crippen LogP contribution in [0.5, 0.6) is 11.5 Å². The van der Waals surface area contributed by atoms with Crippen LogP contribution in [0, 0.1) is 3.57 Å². The largest absolute Gasteiger partial charge is 0.508 e. The number of benzene rings is 2. The molecular weight excluding hydrogens is 347 g/mol. The molecule has 0 unspecified atom stereocenters. The maximum atomic E-state index is 9.22. The third-order valence-electron chi connectivity index (χ3n) is 2.20. The number of halogens is 1. The molecule has 0 heterocycles. The zero-order valence-corrected chi connectivity index (χ0v) is 12.2. The van der Waals surface area contributed by atoms with Crippen molar-refractivity contribution in [2.24, 2.45) is 0 Å². The summed E-state index contributed by atoms with van der Waals surface area (Å²) >= 11 is 3.96. The van der Waals surface area contributed by atoms with Crippen molar-refractivity contribution in [3.8, 4) is 11.5 Å². The predicted octanol–water partition coefficient (Wildman–Crippen LogP) is 4.16. The lowest BCUT2D eigenvalue weighted by atomic mass is 10.3. The third kappa shape index (κ3) is 3.29. The van der Waals surface area contributed by atoms with E-state index in [1.54, 1.807) is 31.0 Å². The van der Waals surface area contributed by atoms with Crippen LogP contribution in [-0.2, 0) is 0 Å². The van der Waals surface area contributed by atoms with E-state index >= 15 is 0 Å². The van der Waals surface area contributed by atoms with E-state index in [0.29, 0.717) is 5.75 Å². The van der Waals surface area contributed by atoms with Gasteiger partial charge in [-0.25, -0.2) is 0 Å². The summed E-state index contributed by atoms with van der Waals surface area (Å²) in [4.78, 5) is 2.28. The molecule has 1 N–H and O–H groups in total.